The van der Waals surface area contributed by atoms with Crippen LogP contribution in [0.1, 0.15) is 22.3 Å². The van der Waals surface area contributed by atoms with E-state index in [0.29, 0.717) is 0 Å². The first-order chi connectivity index (χ1) is 16.7. The molecule has 0 saturated heterocycles. The normalized spacial score (nSPS) is 12.4. The van der Waals surface area contributed by atoms with Crippen LogP contribution in [0.15, 0.2) is 109 Å². The van der Waals surface area contributed by atoms with E-state index in [2.05, 4.69) is 128 Å². The zero-order chi connectivity index (χ0) is 23.3. The fourth-order valence-corrected chi connectivity index (χ4v) is 5.20. The molecule has 0 aliphatic heterocycles. The summed E-state index contributed by atoms with van der Waals surface area (Å²) in [6.07, 6.45) is 0. The van der Waals surface area contributed by atoms with E-state index in [1.807, 2.05) is 0 Å². The van der Waals surface area contributed by atoms with E-state index in [-0.39, 0.29) is 0 Å². The van der Waals surface area contributed by atoms with Crippen molar-refractivity contribution in [2.75, 3.05) is 14.1 Å². The van der Waals surface area contributed by atoms with Gasteiger partial charge >= 0.3 is 0 Å². The molecule has 0 amide bonds. The number of nitrogens with one attached hydrogen (secondary N) is 1. The maximum absolute atomic E-state index is 2.43. The maximum atomic E-state index is 2.43. The molecule has 1 N–H and O–H groups in total. The number of nitrogens with zero attached hydrogens (tertiary/aromatic N) is 1. The number of rotatable bonds is 8. The molecule has 1 atom stereocenters. The topological polar surface area (TPSA) is 7.68 Å². The molecule has 5 aromatic rings. The Kier molecular flexibility index (Phi) is 6.71. The van der Waals surface area contributed by atoms with Gasteiger partial charge in [0.2, 0.25) is 0 Å². The summed E-state index contributed by atoms with van der Waals surface area (Å²) in [7, 11) is 4.53. The summed E-state index contributed by atoms with van der Waals surface area (Å²) in [6.45, 7) is 3.87. The molecule has 0 aliphatic carbocycles. The molecular weight excluding hydrogens is 412 g/mol. The molecular formula is C32H33N2+. The summed E-state index contributed by atoms with van der Waals surface area (Å²) in [5.41, 5.74) is 5.61. The highest BCUT2D eigenvalue weighted by Gasteiger charge is 2.17. The second kappa shape index (κ2) is 10.2. The van der Waals surface area contributed by atoms with Crippen molar-refractivity contribution in [3.63, 3.8) is 0 Å². The van der Waals surface area contributed by atoms with Crippen molar-refractivity contribution in [1.82, 2.24) is 4.90 Å². The van der Waals surface area contributed by atoms with Crippen LogP contribution in [0.5, 0.6) is 0 Å². The van der Waals surface area contributed by atoms with Crippen LogP contribution in [0.25, 0.3) is 21.5 Å². The van der Waals surface area contributed by atoms with Gasteiger partial charge in [0.15, 0.2) is 0 Å². The van der Waals surface area contributed by atoms with Gasteiger partial charge in [0.25, 0.3) is 0 Å². The molecule has 0 aliphatic rings. The van der Waals surface area contributed by atoms with Crippen LogP contribution >= 0.6 is 0 Å². The van der Waals surface area contributed by atoms with Gasteiger partial charge in [0.1, 0.15) is 13.1 Å². The van der Waals surface area contributed by atoms with E-state index >= 15 is 0 Å². The van der Waals surface area contributed by atoms with Gasteiger partial charge in [-0.3, -0.25) is 4.90 Å². The van der Waals surface area contributed by atoms with E-state index in [1.165, 1.54) is 48.7 Å². The highest BCUT2D eigenvalue weighted by Crippen LogP contribution is 2.33. The summed E-state index contributed by atoms with van der Waals surface area (Å²) < 4.78 is 0. The number of fused-ring (bicyclic) bond motifs is 2. The van der Waals surface area contributed by atoms with E-state index in [1.54, 1.807) is 0 Å². The van der Waals surface area contributed by atoms with Gasteiger partial charge in [-0.15, -0.1) is 0 Å². The van der Waals surface area contributed by atoms with Crippen LogP contribution < -0.4 is 4.90 Å². The maximum Gasteiger partial charge on any atom is 0.104 e. The van der Waals surface area contributed by atoms with Gasteiger partial charge in [0, 0.05) is 24.2 Å². The first-order valence-corrected chi connectivity index (χ1v) is 12.2. The molecule has 0 radical (unpaired) electrons. The Morgan fingerprint density at radius 1 is 0.500 bits per heavy atom. The molecule has 0 bridgehead atoms. The average Bonchev–Trinajstić information content (AvgIpc) is 2.87. The molecule has 170 valence electrons. The third-order valence-corrected chi connectivity index (χ3v) is 6.71. The highest BCUT2D eigenvalue weighted by molar-refractivity contribution is 6.05. The molecule has 0 heterocycles. The van der Waals surface area contributed by atoms with E-state index in [0.717, 1.165) is 26.2 Å². The molecule has 5 aromatic carbocycles. The number of hydrogen-bond acceptors (Lipinski definition) is 1. The van der Waals surface area contributed by atoms with E-state index in [9.17, 15) is 0 Å². The van der Waals surface area contributed by atoms with Crippen LogP contribution in [0.2, 0.25) is 0 Å². The van der Waals surface area contributed by atoms with Gasteiger partial charge in [-0.05, 0) is 39.7 Å². The van der Waals surface area contributed by atoms with Crippen LogP contribution in [-0.4, -0.2) is 19.0 Å². The molecule has 0 fully saturated rings. The molecule has 0 spiro atoms. The van der Waals surface area contributed by atoms with Crippen molar-refractivity contribution in [3.8, 4) is 0 Å². The predicted octanol–water partition coefficient (Wildman–Crippen LogP) is 5.84. The molecule has 5 rings (SSSR count). The van der Waals surface area contributed by atoms with E-state index < -0.39 is 0 Å². The zero-order valence-electron chi connectivity index (χ0n) is 20.2. The largest absolute Gasteiger partial charge is 0.330 e. The third-order valence-electron chi connectivity index (χ3n) is 6.71. The van der Waals surface area contributed by atoms with Crippen LogP contribution in [0.4, 0.5) is 0 Å². The van der Waals surface area contributed by atoms with E-state index in [4.69, 9.17) is 0 Å². The minimum absolute atomic E-state index is 0.920. The SMILES string of the molecule is CN(Cc1ccccc1)Cc1c2ccccc2c(C[NH+](C)Cc2ccccc2)c2ccccc12. The van der Waals surface area contributed by atoms with Crippen molar-refractivity contribution < 1.29 is 4.90 Å². The minimum Gasteiger partial charge on any atom is -0.330 e. The molecule has 0 saturated carbocycles. The number of benzene rings is 5. The smallest absolute Gasteiger partial charge is 0.104 e. The van der Waals surface area contributed by atoms with Gasteiger partial charge in [-0.1, -0.05) is 109 Å². The van der Waals surface area contributed by atoms with Crippen LogP contribution in [0.3, 0.4) is 0 Å². The Hall–Kier alpha value is -3.46. The number of quaternary nitrogens is 1. The lowest BCUT2D eigenvalue weighted by molar-refractivity contribution is -0.907. The predicted molar refractivity (Wildman–Crippen MR) is 144 cm³/mol. The monoisotopic (exact) mass is 445 g/mol. The summed E-state index contributed by atoms with van der Waals surface area (Å²) in [4.78, 5) is 3.92. The summed E-state index contributed by atoms with van der Waals surface area (Å²) in [5, 5.41) is 5.53. The van der Waals surface area contributed by atoms with Crippen molar-refractivity contribution >= 4 is 21.5 Å². The quantitative estimate of drug-likeness (QED) is 0.295. The molecule has 2 heteroatoms. The lowest BCUT2D eigenvalue weighted by Gasteiger charge is -2.23. The molecule has 2 nitrogen and oxygen atoms in total. The Bertz CT molecular complexity index is 1210. The fourth-order valence-electron chi connectivity index (χ4n) is 5.20. The van der Waals surface area contributed by atoms with Crippen LogP contribution in [-0.2, 0) is 26.2 Å². The second-order valence-electron chi connectivity index (χ2n) is 9.50. The molecule has 0 aromatic heterocycles. The molecule has 1 unspecified atom stereocenters. The van der Waals surface area contributed by atoms with Gasteiger partial charge in [-0.2, -0.15) is 0 Å². The van der Waals surface area contributed by atoms with Gasteiger partial charge in [0.05, 0.1) is 7.05 Å². The summed E-state index contributed by atoms with van der Waals surface area (Å²) in [6, 6.07) is 39.5. The lowest BCUT2D eigenvalue weighted by Crippen LogP contribution is -3.06. The average molecular weight is 446 g/mol. The third kappa shape index (κ3) is 4.89. The summed E-state index contributed by atoms with van der Waals surface area (Å²) in [5.74, 6) is 0. The Morgan fingerprint density at radius 2 is 0.941 bits per heavy atom. The first-order valence-electron chi connectivity index (χ1n) is 12.2. The zero-order valence-corrected chi connectivity index (χ0v) is 20.2. The van der Waals surface area contributed by atoms with Crippen molar-refractivity contribution in [2.24, 2.45) is 0 Å². The first kappa shape index (κ1) is 22.3. The fraction of sp³-hybridized carbons (Fsp3) is 0.188. The Labute approximate surface area is 203 Å². The summed E-state index contributed by atoms with van der Waals surface area (Å²) >= 11 is 0. The van der Waals surface area contributed by atoms with Gasteiger partial charge < -0.3 is 4.90 Å². The number of hydrogen-bond donors (Lipinski definition) is 1. The standard InChI is InChI=1S/C32H32N2/c1-33(21-25-13-5-3-6-14-25)23-31-27-17-9-11-19-29(27)32(30-20-12-10-18-28(30)31)24-34(2)22-26-15-7-4-8-16-26/h3-20H,21-24H2,1-2H3/p+1. The van der Waals surface area contributed by atoms with Crippen molar-refractivity contribution in [3.05, 3.63) is 131 Å². The second-order valence-corrected chi connectivity index (χ2v) is 9.50. The minimum atomic E-state index is 0.920. The Morgan fingerprint density at radius 3 is 1.47 bits per heavy atom. The van der Waals surface area contributed by atoms with Crippen molar-refractivity contribution in [1.29, 1.82) is 0 Å². The van der Waals surface area contributed by atoms with Gasteiger partial charge in [-0.25, -0.2) is 0 Å². The Balaban J connectivity index is 1.53. The lowest BCUT2D eigenvalue weighted by atomic mass is 9.91. The molecule has 34 heavy (non-hydrogen) atoms. The van der Waals surface area contributed by atoms with Crippen molar-refractivity contribution in [2.45, 2.75) is 26.2 Å². The highest BCUT2D eigenvalue weighted by atomic mass is 15.1. The van der Waals surface area contributed by atoms with Crippen LogP contribution in [0, 0.1) is 0 Å².